The highest BCUT2D eigenvalue weighted by atomic mass is 35.5. The fourth-order valence-corrected chi connectivity index (χ4v) is 4.22. The summed E-state index contributed by atoms with van der Waals surface area (Å²) in [7, 11) is 10.3. The van der Waals surface area contributed by atoms with Crippen LogP contribution >= 0.6 is 0 Å². The molecule has 2 heterocycles. The van der Waals surface area contributed by atoms with Crippen molar-refractivity contribution in [3.8, 4) is 11.5 Å². The minimum atomic E-state index is -0.701. The molecule has 1 aliphatic heterocycles. The number of carbonyl (C=O) groups excluding carboxylic acids is 1. The lowest BCUT2D eigenvalue weighted by atomic mass is 9.93. The molecule has 8 nitrogen and oxygen atoms in total. The lowest BCUT2D eigenvalue weighted by Gasteiger charge is -2.22. The van der Waals surface area contributed by atoms with E-state index in [1.165, 1.54) is 22.3 Å². The van der Waals surface area contributed by atoms with Gasteiger partial charge in [0.1, 0.15) is 36.8 Å². The van der Waals surface area contributed by atoms with Gasteiger partial charge >= 0.3 is 6.09 Å². The number of para-hydroxylation sites is 2. The van der Waals surface area contributed by atoms with Gasteiger partial charge < -0.3 is 42.1 Å². The van der Waals surface area contributed by atoms with Crippen LogP contribution in [0.25, 0.3) is 16.5 Å². The number of quaternary nitrogens is 1. The minimum absolute atomic E-state index is 0. The van der Waals surface area contributed by atoms with Crippen molar-refractivity contribution in [2.75, 3.05) is 54.9 Å². The Bertz CT molecular complexity index is 1430. The molecular formula is C34H43ClN4O4. The van der Waals surface area contributed by atoms with Crippen LogP contribution in [0.15, 0.2) is 91.1 Å². The fourth-order valence-electron chi connectivity index (χ4n) is 4.22. The second-order valence-corrected chi connectivity index (χ2v) is 11.2. The summed E-state index contributed by atoms with van der Waals surface area (Å²) in [6.07, 6.45) is 4.34. The summed E-state index contributed by atoms with van der Waals surface area (Å²) < 4.78 is 11.3. The number of rotatable bonds is 6. The zero-order valence-electron chi connectivity index (χ0n) is 25.7. The van der Waals surface area contributed by atoms with Crippen LogP contribution in [0.1, 0.15) is 23.1 Å². The molecule has 0 saturated heterocycles. The molecule has 0 aliphatic carbocycles. The molecule has 230 valence electrons. The van der Waals surface area contributed by atoms with Crippen LogP contribution in [0.2, 0.25) is 0 Å². The smallest absolute Gasteiger partial charge is 0.404 e. The Kier molecular flexibility index (Phi) is 14.0. The van der Waals surface area contributed by atoms with Crippen molar-refractivity contribution < 1.29 is 36.3 Å². The molecule has 1 aliphatic rings. The second kappa shape index (κ2) is 17.1. The van der Waals surface area contributed by atoms with E-state index in [0.717, 1.165) is 35.1 Å². The molecule has 9 heteroatoms. The largest absolute Gasteiger partial charge is 1.00 e. The molecule has 0 bridgehead atoms. The van der Waals surface area contributed by atoms with Gasteiger partial charge in [0.25, 0.3) is 0 Å². The van der Waals surface area contributed by atoms with Crippen LogP contribution in [0.4, 0.5) is 4.79 Å². The number of primary amides is 1. The monoisotopic (exact) mass is 606 g/mol. The average Bonchev–Trinajstić information content (AvgIpc) is 3.10. The molecule has 0 spiro atoms. The maximum absolute atomic E-state index is 10.1. The lowest BCUT2D eigenvalue weighted by molar-refractivity contribution is -0.870. The van der Waals surface area contributed by atoms with E-state index < -0.39 is 6.09 Å². The van der Waals surface area contributed by atoms with Gasteiger partial charge in [0.15, 0.2) is 0 Å². The van der Waals surface area contributed by atoms with Crippen molar-refractivity contribution in [1.82, 2.24) is 9.88 Å². The molecule has 0 saturated carbocycles. The zero-order valence-corrected chi connectivity index (χ0v) is 26.4. The highest BCUT2D eigenvalue weighted by molar-refractivity contribution is 5.85. The number of aromatic hydroxyl groups is 1. The number of nitrogens with two attached hydrogens (primary N) is 1. The number of aromatic nitrogens is 1. The number of amides is 1. The molecule has 4 aromatic rings. The summed E-state index contributed by atoms with van der Waals surface area (Å²) in [5.41, 5.74) is 10.5. The number of halogens is 1. The van der Waals surface area contributed by atoms with Gasteiger partial charge in [0.2, 0.25) is 0 Å². The van der Waals surface area contributed by atoms with Crippen LogP contribution in [0.5, 0.6) is 11.5 Å². The number of benzene rings is 3. The van der Waals surface area contributed by atoms with Gasteiger partial charge in [-0.05, 0) is 55.4 Å². The van der Waals surface area contributed by atoms with Gasteiger partial charge in [-0.3, -0.25) is 4.98 Å². The zero-order chi connectivity index (χ0) is 30.5. The number of phenolic OH excluding ortho intramolecular Hbond substituents is 1. The number of hydrogen-bond acceptors (Lipinski definition) is 6. The summed E-state index contributed by atoms with van der Waals surface area (Å²) in [6, 6.07) is 26.0. The Balaban J connectivity index is 0.000000248. The Morgan fingerprint density at radius 1 is 1.00 bits per heavy atom. The fraction of sp³-hybridized carbons (Fsp3) is 0.294. The highest BCUT2D eigenvalue weighted by Gasteiger charge is 2.18. The summed E-state index contributed by atoms with van der Waals surface area (Å²) in [5.74, 6) is 1.22. The Morgan fingerprint density at radius 3 is 2.35 bits per heavy atom. The highest BCUT2D eigenvalue weighted by Crippen LogP contribution is 2.36. The molecule has 43 heavy (non-hydrogen) atoms. The van der Waals surface area contributed by atoms with Gasteiger partial charge in [0.05, 0.1) is 21.1 Å². The van der Waals surface area contributed by atoms with Crippen LogP contribution in [-0.4, -0.2) is 80.5 Å². The van der Waals surface area contributed by atoms with Gasteiger partial charge in [-0.2, -0.15) is 0 Å². The molecule has 0 radical (unpaired) electrons. The number of carbonyl (C=O) groups is 1. The molecule has 1 amide bonds. The van der Waals surface area contributed by atoms with Crippen molar-refractivity contribution >= 4 is 22.6 Å². The molecule has 3 N–H and O–H groups in total. The van der Waals surface area contributed by atoms with Crippen molar-refractivity contribution in [3.05, 3.63) is 108 Å². The Morgan fingerprint density at radius 2 is 1.67 bits per heavy atom. The lowest BCUT2D eigenvalue weighted by Crippen LogP contribution is -3.00. The first-order chi connectivity index (χ1) is 20.0. The molecular weight excluding hydrogens is 564 g/mol. The first-order valence-electron chi connectivity index (χ1n) is 14.0. The van der Waals surface area contributed by atoms with Crippen LogP contribution < -0.4 is 22.9 Å². The minimum Gasteiger partial charge on any atom is -1.00 e. The summed E-state index contributed by atoms with van der Waals surface area (Å²) >= 11 is 0. The number of ether oxygens (including phenoxy) is 2. The summed E-state index contributed by atoms with van der Waals surface area (Å²) in [4.78, 5) is 16.3. The summed E-state index contributed by atoms with van der Waals surface area (Å²) in [5, 5.41) is 10.3. The first-order valence-corrected chi connectivity index (χ1v) is 14.0. The predicted molar refractivity (Wildman–Crippen MR) is 169 cm³/mol. The standard InChI is InChI=1S/C19H21NO.C9H7NO.C6H14N2O2.ClH/c1-20(2)13-7-11-17-16-9-4-3-8-15(16)14-21-19-12-6-5-10-18(17)19;11-8-5-1-3-7-4-2-6-10-9(7)8;1-8(2,3)4-5-10-6(7)9;/h3-6,8-12H,7,13-14H2,1-2H3;1-6,11H;4-5H2,1-3H3,(H-,7,9);1H. The average molecular weight is 607 g/mol. The SMILES string of the molecule is CN(C)CCC=C1c2ccccc2COc2ccccc21.C[N+](C)(C)CCOC(N)=O.Oc1cccc2cccnc12.[Cl-]. The topological polar surface area (TPSA) is 97.9 Å². The van der Waals surface area contributed by atoms with E-state index >= 15 is 0 Å². The molecule has 5 rings (SSSR count). The van der Waals surface area contributed by atoms with Crippen molar-refractivity contribution in [2.45, 2.75) is 13.0 Å². The maximum Gasteiger partial charge on any atom is 0.404 e. The maximum atomic E-state index is 10.1. The Labute approximate surface area is 261 Å². The van der Waals surface area contributed by atoms with Crippen LogP contribution in [-0.2, 0) is 11.3 Å². The third kappa shape index (κ3) is 11.6. The van der Waals surface area contributed by atoms with Crippen LogP contribution in [0, 0.1) is 0 Å². The van der Waals surface area contributed by atoms with E-state index in [2.05, 4.69) is 77.3 Å². The van der Waals surface area contributed by atoms with Crippen molar-refractivity contribution in [2.24, 2.45) is 5.73 Å². The number of fused-ring (bicyclic) bond motifs is 3. The molecule has 0 fully saturated rings. The third-order valence-corrected chi connectivity index (χ3v) is 6.41. The summed E-state index contributed by atoms with van der Waals surface area (Å²) in [6.45, 7) is 2.86. The molecule has 0 atom stereocenters. The molecule has 1 aromatic heterocycles. The van der Waals surface area contributed by atoms with Gasteiger partial charge in [-0.15, -0.1) is 0 Å². The normalized spacial score (nSPS) is 12.7. The van der Waals surface area contributed by atoms with E-state index in [0.29, 0.717) is 18.7 Å². The van der Waals surface area contributed by atoms with Crippen LogP contribution in [0.3, 0.4) is 0 Å². The van der Waals surface area contributed by atoms with E-state index in [9.17, 15) is 9.90 Å². The number of nitrogens with zero attached hydrogens (tertiary/aromatic N) is 3. The Hall–Kier alpha value is -4.11. The van der Waals surface area contributed by atoms with Crippen molar-refractivity contribution in [3.63, 3.8) is 0 Å². The van der Waals surface area contributed by atoms with E-state index in [1.807, 2.05) is 45.4 Å². The quantitative estimate of drug-likeness (QED) is 0.328. The number of likely N-dealkylation sites (N-methyl/N-ethyl adjacent to an activating group) is 1. The number of pyridine rings is 1. The molecule has 0 unspecified atom stereocenters. The first kappa shape index (κ1) is 35.1. The van der Waals surface area contributed by atoms with Crippen molar-refractivity contribution in [1.29, 1.82) is 0 Å². The number of phenols is 1. The number of hydrogen-bond donors (Lipinski definition) is 2. The van der Waals surface area contributed by atoms with Gasteiger partial charge in [-0.1, -0.05) is 66.7 Å². The third-order valence-electron chi connectivity index (χ3n) is 6.41. The van der Waals surface area contributed by atoms with E-state index in [-0.39, 0.29) is 18.2 Å². The predicted octanol–water partition coefficient (Wildman–Crippen LogP) is 2.69. The second-order valence-electron chi connectivity index (χ2n) is 11.2. The molecule has 3 aromatic carbocycles. The van der Waals surface area contributed by atoms with E-state index in [4.69, 9.17) is 10.5 Å². The van der Waals surface area contributed by atoms with E-state index in [1.54, 1.807) is 18.3 Å². The van der Waals surface area contributed by atoms with Gasteiger partial charge in [-0.25, -0.2) is 4.79 Å². The van der Waals surface area contributed by atoms with Gasteiger partial charge in [0, 0.05) is 23.7 Å².